The molecule has 0 radical (unpaired) electrons. The van der Waals surface area contributed by atoms with Crippen molar-refractivity contribution in [3.63, 3.8) is 0 Å². The third-order valence-electron chi connectivity index (χ3n) is 2.93. The van der Waals surface area contributed by atoms with Crippen molar-refractivity contribution in [1.29, 1.82) is 0 Å². The topological polar surface area (TPSA) is 55.3 Å². The second-order valence-corrected chi connectivity index (χ2v) is 3.44. The zero-order valence-electron chi connectivity index (χ0n) is 6.16. The fourth-order valence-corrected chi connectivity index (χ4v) is 2.12. The number of rotatable bonds is 0. The molecule has 58 valence electrons. The normalized spacial score (nSPS) is 53.4. The van der Waals surface area contributed by atoms with E-state index in [4.69, 9.17) is 11.5 Å². The number of hydrogen-bond donors (Lipinski definition) is 2. The predicted molar refractivity (Wildman–Crippen MR) is 40.2 cm³/mol. The quantitative estimate of drug-likeness (QED) is 0.470. The molecule has 3 saturated heterocycles. The lowest BCUT2D eigenvalue weighted by Gasteiger charge is -2.47. The van der Waals surface area contributed by atoms with E-state index < -0.39 is 0 Å². The summed E-state index contributed by atoms with van der Waals surface area (Å²) in [6, 6.07) is 0.238. The molecule has 3 nitrogen and oxygen atoms in total. The molecule has 0 amide bonds. The molecule has 3 heteroatoms. The summed E-state index contributed by atoms with van der Waals surface area (Å²) in [5.74, 6) is 0.708. The Morgan fingerprint density at radius 1 is 1.10 bits per heavy atom. The highest BCUT2D eigenvalue weighted by Gasteiger charge is 2.37. The summed E-state index contributed by atoms with van der Waals surface area (Å²) in [6.45, 7) is 2.33. The van der Waals surface area contributed by atoms with Crippen molar-refractivity contribution < 1.29 is 0 Å². The van der Waals surface area contributed by atoms with Crippen LogP contribution in [0.15, 0.2) is 0 Å². The summed E-state index contributed by atoms with van der Waals surface area (Å²) in [5.41, 5.74) is 11.8. The van der Waals surface area contributed by atoms with Gasteiger partial charge in [0.05, 0.1) is 6.17 Å². The lowest BCUT2D eigenvalue weighted by Crippen LogP contribution is -2.64. The van der Waals surface area contributed by atoms with E-state index in [1.165, 1.54) is 25.9 Å². The van der Waals surface area contributed by atoms with Crippen molar-refractivity contribution in [3.05, 3.63) is 0 Å². The molecule has 0 aromatic heterocycles. The molecule has 2 atom stereocenters. The van der Waals surface area contributed by atoms with E-state index in [0.717, 1.165) is 0 Å². The molecule has 1 unspecified atom stereocenters. The van der Waals surface area contributed by atoms with E-state index in [-0.39, 0.29) is 12.2 Å². The molecular weight excluding hydrogens is 126 g/mol. The van der Waals surface area contributed by atoms with Gasteiger partial charge in [-0.2, -0.15) is 0 Å². The number of fused-ring (bicyclic) bond motifs is 3. The first-order chi connectivity index (χ1) is 4.79. The lowest BCUT2D eigenvalue weighted by atomic mass is 9.82. The largest absolute Gasteiger partial charge is 0.325 e. The molecule has 0 saturated carbocycles. The Morgan fingerprint density at radius 2 is 1.70 bits per heavy atom. The molecule has 3 aliphatic heterocycles. The van der Waals surface area contributed by atoms with Gasteiger partial charge in [0.15, 0.2) is 0 Å². The van der Waals surface area contributed by atoms with Gasteiger partial charge in [0.1, 0.15) is 0 Å². The lowest BCUT2D eigenvalue weighted by molar-refractivity contribution is 0.0318. The minimum absolute atomic E-state index is 0.146. The first-order valence-electron chi connectivity index (χ1n) is 4.04. The second kappa shape index (κ2) is 2.19. The van der Waals surface area contributed by atoms with Crippen LogP contribution in [0, 0.1) is 5.92 Å². The van der Waals surface area contributed by atoms with Crippen LogP contribution in [0.2, 0.25) is 0 Å². The second-order valence-electron chi connectivity index (χ2n) is 3.44. The Labute approximate surface area is 61.4 Å². The standard InChI is InChI=1S/C7H15N3/c8-6-5-1-3-10(4-2-5)7(6)9/h5-7H,1-4,8-9H2/t6?,7-/m0/s1. The van der Waals surface area contributed by atoms with Gasteiger partial charge in [0.2, 0.25) is 0 Å². The van der Waals surface area contributed by atoms with Crippen molar-refractivity contribution in [3.8, 4) is 0 Å². The third kappa shape index (κ3) is 0.779. The first kappa shape index (κ1) is 6.58. The Morgan fingerprint density at radius 3 is 2.00 bits per heavy atom. The van der Waals surface area contributed by atoms with Crippen LogP contribution in [-0.2, 0) is 0 Å². The van der Waals surface area contributed by atoms with Crippen molar-refractivity contribution in [2.45, 2.75) is 25.0 Å². The van der Waals surface area contributed by atoms with Crippen LogP contribution in [0.4, 0.5) is 0 Å². The van der Waals surface area contributed by atoms with Crippen molar-refractivity contribution >= 4 is 0 Å². The van der Waals surface area contributed by atoms with Crippen LogP contribution >= 0.6 is 0 Å². The molecule has 10 heavy (non-hydrogen) atoms. The van der Waals surface area contributed by atoms with Crippen LogP contribution in [0.1, 0.15) is 12.8 Å². The molecule has 0 aromatic carbocycles. The minimum atomic E-state index is 0.146. The van der Waals surface area contributed by atoms with Crippen LogP contribution in [0.5, 0.6) is 0 Å². The monoisotopic (exact) mass is 141 g/mol. The van der Waals surface area contributed by atoms with Gasteiger partial charge in [-0.1, -0.05) is 0 Å². The third-order valence-corrected chi connectivity index (χ3v) is 2.93. The van der Waals surface area contributed by atoms with Gasteiger partial charge in [-0.25, -0.2) is 0 Å². The zero-order chi connectivity index (χ0) is 7.14. The molecule has 0 aliphatic carbocycles. The number of piperidine rings is 3. The van der Waals surface area contributed by atoms with Crippen molar-refractivity contribution in [1.82, 2.24) is 4.90 Å². The Kier molecular flexibility index (Phi) is 1.44. The fourth-order valence-electron chi connectivity index (χ4n) is 2.12. The van der Waals surface area contributed by atoms with Gasteiger partial charge in [-0.3, -0.25) is 4.90 Å². The average molecular weight is 141 g/mol. The van der Waals surface area contributed by atoms with E-state index in [0.29, 0.717) is 5.92 Å². The van der Waals surface area contributed by atoms with Gasteiger partial charge >= 0.3 is 0 Å². The molecule has 3 rings (SSSR count). The molecular formula is C7H15N3. The maximum absolute atomic E-state index is 5.90. The smallest absolute Gasteiger partial charge is 0.0730 e. The van der Waals surface area contributed by atoms with E-state index in [9.17, 15) is 0 Å². The number of hydrogen-bond acceptors (Lipinski definition) is 3. The van der Waals surface area contributed by atoms with Crippen molar-refractivity contribution in [2.24, 2.45) is 17.4 Å². The van der Waals surface area contributed by atoms with E-state index in [1.807, 2.05) is 0 Å². The summed E-state index contributed by atoms with van der Waals surface area (Å²) < 4.78 is 0. The van der Waals surface area contributed by atoms with Crippen molar-refractivity contribution in [2.75, 3.05) is 13.1 Å². The van der Waals surface area contributed by atoms with Gasteiger partial charge in [0, 0.05) is 6.04 Å². The maximum Gasteiger partial charge on any atom is 0.0730 e. The first-order valence-corrected chi connectivity index (χ1v) is 4.04. The van der Waals surface area contributed by atoms with E-state index >= 15 is 0 Å². The Bertz CT molecular complexity index is 109. The Balaban J connectivity index is 2.13. The van der Waals surface area contributed by atoms with Crippen LogP contribution < -0.4 is 11.5 Å². The summed E-state index contributed by atoms with van der Waals surface area (Å²) in [6.07, 6.45) is 2.66. The summed E-state index contributed by atoms with van der Waals surface area (Å²) in [5, 5.41) is 0. The number of nitrogens with zero attached hydrogens (tertiary/aromatic N) is 1. The van der Waals surface area contributed by atoms with Crippen LogP contribution in [0.3, 0.4) is 0 Å². The van der Waals surface area contributed by atoms with Gasteiger partial charge < -0.3 is 11.5 Å². The molecule has 4 N–H and O–H groups in total. The number of nitrogens with two attached hydrogens (primary N) is 2. The molecule has 0 spiro atoms. The highest BCUT2D eigenvalue weighted by molar-refractivity contribution is 4.93. The summed E-state index contributed by atoms with van der Waals surface area (Å²) >= 11 is 0. The minimum Gasteiger partial charge on any atom is -0.325 e. The van der Waals surface area contributed by atoms with Gasteiger partial charge in [-0.05, 0) is 31.8 Å². The van der Waals surface area contributed by atoms with Gasteiger partial charge in [-0.15, -0.1) is 0 Å². The molecule has 3 heterocycles. The van der Waals surface area contributed by atoms with Gasteiger partial charge in [0.25, 0.3) is 0 Å². The molecule has 3 fully saturated rings. The van der Waals surface area contributed by atoms with E-state index in [2.05, 4.69) is 4.90 Å². The molecule has 2 bridgehead atoms. The fraction of sp³-hybridized carbons (Fsp3) is 1.00. The van der Waals surface area contributed by atoms with E-state index in [1.54, 1.807) is 0 Å². The zero-order valence-corrected chi connectivity index (χ0v) is 6.16. The maximum atomic E-state index is 5.90. The summed E-state index contributed by atoms with van der Waals surface area (Å²) in [4.78, 5) is 2.30. The SMILES string of the molecule is NC1C2CCN(CC2)[C@@H]1N. The molecule has 0 aromatic rings. The highest BCUT2D eigenvalue weighted by Crippen LogP contribution is 2.28. The highest BCUT2D eigenvalue weighted by atomic mass is 15.3. The van der Waals surface area contributed by atoms with Crippen LogP contribution in [0.25, 0.3) is 0 Å². The average Bonchev–Trinajstić information content (AvgIpc) is 2.00. The predicted octanol–water partition coefficient (Wildman–Crippen LogP) is -0.676. The van der Waals surface area contributed by atoms with Crippen LogP contribution in [-0.4, -0.2) is 30.2 Å². The summed E-state index contributed by atoms with van der Waals surface area (Å²) in [7, 11) is 0. The molecule has 3 aliphatic rings. The Hall–Kier alpha value is -0.120.